The van der Waals surface area contributed by atoms with Gasteiger partial charge in [-0.1, -0.05) is 45.4 Å². The number of hydrogen-bond donors (Lipinski definition) is 5. The second-order valence-corrected chi connectivity index (χ2v) is 6.84. The van der Waals surface area contributed by atoms with Gasteiger partial charge in [0.25, 0.3) is 0 Å². The molecule has 1 rings (SSSR count). The predicted molar refractivity (Wildman–Crippen MR) is 95.5 cm³/mol. The number of nitrogens with one attached hydrogen (secondary N) is 1. The van der Waals surface area contributed by atoms with E-state index in [9.17, 15) is 24.9 Å². The van der Waals surface area contributed by atoms with Crippen molar-refractivity contribution >= 4 is 11.9 Å². The average molecular weight is 391 g/mol. The standard InChI is InChI=1S/C18H33NO8/c1-2-3-4-5-6-7-8-9-13(21)19-10-14(22)27-18-17(25)16(24)15(23)12(11-20)26-18/h12,15-18,20,23-25H,2-11H2,1H3,(H,19,21)/t12-,15+,16+,17-,18-/m1/s1. The molecule has 9 nitrogen and oxygen atoms in total. The van der Waals surface area contributed by atoms with Crippen molar-refractivity contribution in [3.63, 3.8) is 0 Å². The minimum Gasteiger partial charge on any atom is -0.431 e. The maximum Gasteiger partial charge on any atom is 0.327 e. The zero-order valence-corrected chi connectivity index (χ0v) is 15.9. The molecule has 0 aliphatic carbocycles. The van der Waals surface area contributed by atoms with Gasteiger partial charge in [0.2, 0.25) is 12.2 Å². The first-order valence-electron chi connectivity index (χ1n) is 9.67. The normalized spacial score (nSPS) is 28.0. The van der Waals surface area contributed by atoms with E-state index in [2.05, 4.69) is 12.2 Å². The second-order valence-electron chi connectivity index (χ2n) is 6.84. The third kappa shape index (κ3) is 8.52. The van der Waals surface area contributed by atoms with E-state index >= 15 is 0 Å². The van der Waals surface area contributed by atoms with E-state index in [1.165, 1.54) is 25.7 Å². The highest BCUT2D eigenvalue weighted by molar-refractivity contribution is 5.81. The highest BCUT2D eigenvalue weighted by Crippen LogP contribution is 2.21. The number of rotatable bonds is 12. The Morgan fingerprint density at radius 3 is 2.22 bits per heavy atom. The van der Waals surface area contributed by atoms with Crippen LogP contribution in [0.5, 0.6) is 0 Å². The van der Waals surface area contributed by atoms with E-state index in [-0.39, 0.29) is 5.91 Å². The fourth-order valence-electron chi connectivity index (χ4n) is 2.84. The number of amides is 1. The number of hydrogen-bond acceptors (Lipinski definition) is 8. The SMILES string of the molecule is CCCCCCCCCC(=O)NCC(=O)O[C@H]1O[C@H](CO)[C@H](O)[C@H](O)[C@H]1O. The van der Waals surface area contributed by atoms with E-state index < -0.39 is 49.8 Å². The summed E-state index contributed by atoms with van der Waals surface area (Å²) in [7, 11) is 0. The molecular weight excluding hydrogens is 358 g/mol. The molecule has 0 bridgehead atoms. The third-order valence-electron chi connectivity index (χ3n) is 4.53. The zero-order valence-electron chi connectivity index (χ0n) is 15.9. The van der Waals surface area contributed by atoms with E-state index in [1.807, 2.05) is 0 Å². The summed E-state index contributed by atoms with van der Waals surface area (Å²) < 4.78 is 9.94. The van der Waals surface area contributed by atoms with Crippen molar-refractivity contribution in [1.29, 1.82) is 0 Å². The number of esters is 1. The lowest BCUT2D eigenvalue weighted by Gasteiger charge is -2.39. The Hall–Kier alpha value is -1.26. The van der Waals surface area contributed by atoms with Gasteiger partial charge in [-0.3, -0.25) is 9.59 Å². The highest BCUT2D eigenvalue weighted by atomic mass is 16.7. The van der Waals surface area contributed by atoms with Crippen LogP contribution >= 0.6 is 0 Å². The molecule has 1 heterocycles. The predicted octanol–water partition coefficient (Wildman–Crippen LogP) is -0.414. The second kappa shape index (κ2) is 13.0. The molecule has 1 aliphatic heterocycles. The molecule has 0 saturated carbocycles. The minimum atomic E-state index is -1.66. The molecule has 1 fully saturated rings. The lowest BCUT2D eigenvalue weighted by Crippen LogP contribution is -2.59. The summed E-state index contributed by atoms with van der Waals surface area (Å²) in [6, 6.07) is 0. The molecule has 5 atom stereocenters. The van der Waals surface area contributed by atoms with Crippen molar-refractivity contribution in [3.05, 3.63) is 0 Å². The van der Waals surface area contributed by atoms with Gasteiger partial charge in [-0.25, -0.2) is 0 Å². The van der Waals surface area contributed by atoms with Gasteiger partial charge in [0.05, 0.1) is 6.61 Å². The molecule has 1 aliphatic rings. The summed E-state index contributed by atoms with van der Waals surface area (Å²) in [6.45, 7) is 1.14. The number of ether oxygens (including phenoxy) is 2. The minimum absolute atomic E-state index is 0.269. The van der Waals surface area contributed by atoms with Gasteiger partial charge in [0, 0.05) is 6.42 Å². The smallest absolute Gasteiger partial charge is 0.327 e. The van der Waals surface area contributed by atoms with Crippen LogP contribution in [0, 0.1) is 0 Å². The molecule has 158 valence electrons. The first-order valence-corrected chi connectivity index (χ1v) is 9.67. The third-order valence-corrected chi connectivity index (χ3v) is 4.53. The van der Waals surface area contributed by atoms with Crippen molar-refractivity contribution in [3.8, 4) is 0 Å². The lowest BCUT2D eigenvalue weighted by atomic mass is 9.99. The molecule has 0 radical (unpaired) electrons. The van der Waals surface area contributed by atoms with Crippen LogP contribution in [0.1, 0.15) is 58.3 Å². The Balaban J connectivity index is 2.21. The van der Waals surface area contributed by atoms with Crippen LogP contribution in [0.15, 0.2) is 0 Å². The molecule has 27 heavy (non-hydrogen) atoms. The van der Waals surface area contributed by atoms with Gasteiger partial charge >= 0.3 is 5.97 Å². The summed E-state index contributed by atoms with van der Waals surface area (Å²) in [4.78, 5) is 23.5. The largest absolute Gasteiger partial charge is 0.431 e. The molecule has 1 amide bonds. The van der Waals surface area contributed by atoms with E-state index in [4.69, 9.17) is 14.6 Å². The number of carbonyl (C=O) groups excluding carboxylic acids is 2. The van der Waals surface area contributed by atoms with E-state index in [1.54, 1.807) is 0 Å². The number of aliphatic hydroxyl groups is 4. The molecule has 0 spiro atoms. The maximum absolute atomic E-state index is 11.8. The summed E-state index contributed by atoms with van der Waals surface area (Å²) >= 11 is 0. The van der Waals surface area contributed by atoms with Crippen molar-refractivity contribution in [2.75, 3.05) is 13.2 Å². The Morgan fingerprint density at radius 1 is 0.963 bits per heavy atom. The number of unbranched alkanes of at least 4 members (excludes halogenated alkanes) is 6. The Labute approximate surface area is 159 Å². The summed E-state index contributed by atoms with van der Waals surface area (Å²) in [5.41, 5.74) is 0. The Morgan fingerprint density at radius 2 is 1.59 bits per heavy atom. The van der Waals surface area contributed by atoms with Crippen molar-refractivity contribution in [2.24, 2.45) is 0 Å². The fourth-order valence-corrected chi connectivity index (χ4v) is 2.84. The van der Waals surface area contributed by atoms with Crippen LogP contribution in [0.4, 0.5) is 0 Å². The summed E-state index contributed by atoms with van der Waals surface area (Å²) in [5, 5.41) is 40.6. The van der Waals surface area contributed by atoms with Gasteiger partial charge in [0.15, 0.2) is 0 Å². The van der Waals surface area contributed by atoms with Crippen LogP contribution in [0.3, 0.4) is 0 Å². The quantitative estimate of drug-likeness (QED) is 0.223. The maximum atomic E-state index is 11.8. The van der Waals surface area contributed by atoms with Crippen LogP contribution in [0.25, 0.3) is 0 Å². The summed E-state index contributed by atoms with van der Waals surface area (Å²) in [6.07, 6.45) is 0.435. The van der Waals surface area contributed by atoms with Gasteiger partial charge in [-0.15, -0.1) is 0 Å². The molecule has 0 aromatic carbocycles. The topological polar surface area (TPSA) is 146 Å². The number of carbonyl (C=O) groups is 2. The van der Waals surface area contributed by atoms with Gasteiger partial charge in [0.1, 0.15) is 31.0 Å². The zero-order chi connectivity index (χ0) is 20.2. The fraction of sp³-hybridized carbons (Fsp3) is 0.889. The van der Waals surface area contributed by atoms with Crippen LogP contribution in [0.2, 0.25) is 0 Å². The van der Waals surface area contributed by atoms with Crippen LogP contribution in [-0.4, -0.2) is 76.2 Å². The molecule has 9 heteroatoms. The molecule has 1 saturated heterocycles. The van der Waals surface area contributed by atoms with Gasteiger partial charge in [-0.05, 0) is 6.42 Å². The Kier molecular flexibility index (Phi) is 11.5. The first-order chi connectivity index (χ1) is 12.9. The first kappa shape index (κ1) is 23.8. The summed E-state index contributed by atoms with van der Waals surface area (Å²) in [5.74, 6) is -1.12. The monoisotopic (exact) mass is 391 g/mol. The molecule has 0 aromatic rings. The molecular formula is C18H33NO8. The molecule has 5 N–H and O–H groups in total. The number of aliphatic hydroxyl groups excluding tert-OH is 4. The van der Waals surface area contributed by atoms with Crippen molar-refractivity contribution in [2.45, 2.75) is 89.0 Å². The molecule has 0 aromatic heterocycles. The lowest BCUT2D eigenvalue weighted by molar-refractivity contribution is -0.292. The Bertz CT molecular complexity index is 445. The van der Waals surface area contributed by atoms with E-state index in [0.29, 0.717) is 6.42 Å². The molecule has 0 unspecified atom stereocenters. The van der Waals surface area contributed by atoms with Gasteiger partial charge < -0.3 is 35.2 Å². The van der Waals surface area contributed by atoms with Crippen LogP contribution < -0.4 is 5.32 Å². The average Bonchev–Trinajstić information content (AvgIpc) is 2.66. The highest BCUT2D eigenvalue weighted by Gasteiger charge is 2.45. The van der Waals surface area contributed by atoms with Crippen molar-refractivity contribution < 1.29 is 39.5 Å². The van der Waals surface area contributed by atoms with Crippen LogP contribution in [-0.2, 0) is 19.1 Å². The van der Waals surface area contributed by atoms with E-state index in [0.717, 1.165) is 19.3 Å². The van der Waals surface area contributed by atoms with Crippen molar-refractivity contribution in [1.82, 2.24) is 5.32 Å². The van der Waals surface area contributed by atoms with Gasteiger partial charge in [-0.2, -0.15) is 0 Å².